The zero-order chi connectivity index (χ0) is 58.5. The molecule has 0 saturated carbocycles. The van der Waals surface area contributed by atoms with Crippen LogP contribution < -0.4 is 0 Å². The minimum atomic E-state index is -0.766. The minimum Gasteiger partial charge on any atom is -0.462 e. The zero-order valence-corrected chi connectivity index (χ0v) is 55.1. The molecule has 0 aliphatic heterocycles. The molecule has 478 valence electrons. The number of carbonyl (C=O) groups excluding carboxylic acids is 3. The predicted octanol–water partition coefficient (Wildman–Crippen LogP) is 25.3. The molecule has 0 amide bonds. The van der Waals surface area contributed by atoms with Crippen molar-refractivity contribution >= 4 is 17.9 Å². The van der Waals surface area contributed by atoms with E-state index in [-0.39, 0.29) is 31.1 Å². The highest BCUT2D eigenvalue weighted by atomic mass is 16.6. The van der Waals surface area contributed by atoms with Gasteiger partial charge in [-0.25, -0.2) is 0 Å². The molecule has 0 aliphatic rings. The highest BCUT2D eigenvalue weighted by Gasteiger charge is 2.20. The van der Waals surface area contributed by atoms with Crippen LogP contribution in [0.4, 0.5) is 0 Å². The van der Waals surface area contributed by atoms with Gasteiger partial charge in [0.05, 0.1) is 0 Å². The smallest absolute Gasteiger partial charge is 0.306 e. The van der Waals surface area contributed by atoms with Gasteiger partial charge >= 0.3 is 17.9 Å². The fraction of sp³-hybridized carbons (Fsp3) is 0.907. The number of unbranched alkanes of at least 4 members (excludes halogenated alkanes) is 54. The van der Waals surface area contributed by atoms with Crippen molar-refractivity contribution in [3.8, 4) is 0 Å². The maximum Gasteiger partial charge on any atom is 0.306 e. The predicted molar refractivity (Wildman–Crippen MR) is 353 cm³/mol. The Kier molecular flexibility index (Phi) is 68.5. The van der Waals surface area contributed by atoms with Crippen LogP contribution in [0.2, 0.25) is 0 Å². The van der Waals surface area contributed by atoms with Gasteiger partial charge < -0.3 is 14.2 Å². The third-order valence-electron chi connectivity index (χ3n) is 17.0. The number of allylic oxidation sites excluding steroid dienone is 4. The van der Waals surface area contributed by atoms with Crippen molar-refractivity contribution in [1.29, 1.82) is 0 Å². The molecule has 0 N–H and O–H groups in total. The molecule has 6 nitrogen and oxygen atoms in total. The lowest BCUT2D eigenvalue weighted by molar-refractivity contribution is -0.167. The molecule has 1 atom stereocenters. The monoisotopic (exact) mass is 1140 g/mol. The Balaban J connectivity index is 4.10. The zero-order valence-electron chi connectivity index (χ0n) is 55.1. The first kappa shape index (κ1) is 78.9. The molecule has 0 fully saturated rings. The van der Waals surface area contributed by atoms with E-state index in [0.29, 0.717) is 19.3 Å². The van der Waals surface area contributed by atoms with Crippen LogP contribution in [0, 0.1) is 0 Å². The number of hydrogen-bond donors (Lipinski definition) is 0. The first-order valence-electron chi connectivity index (χ1n) is 36.8. The summed E-state index contributed by atoms with van der Waals surface area (Å²) >= 11 is 0. The number of hydrogen-bond acceptors (Lipinski definition) is 6. The normalized spacial score (nSPS) is 12.1. The van der Waals surface area contributed by atoms with Crippen molar-refractivity contribution in [2.24, 2.45) is 0 Å². The summed E-state index contributed by atoms with van der Waals surface area (Å²) in [5, 5.41) is 0. The molecule has 0 spiro atoms. The Morgan fingerprint density at radius 3 is 0.679 bits per heavy atom. The SMILES string of the molecule is CCCCCCC/C=C\C/C=C\CCCCCCCCCCCCCCCCCCCCCC(=O)OCC(COC(=O)CCCCCCCCCCCCC)OC(=O)CCCCCCCCCCCCCCCCCCCCCCC. The molecule has 0 aromatic carbocycles. The Hall–Kier alpha value is -2.11. The van der Waals surface area contributed by atoms with E-state index in [1.165, 1.54) is 315 Å². The van der Waals surface area contributed by atoms with E-state index in [1.54, 1.807) is 0 Å². The third kappa shape index (κ3) is 68.6. The van der Waals surface area contributed by atoms with Gasteiger partial charge in [0.15, 0.2) is 6.10 Å². The number of carbonyl (C=O) groups is 3. The molecule has 0 bridgehead atoms. The Labute approximate surface area is 506 Å². The maximum absolute atomic E-state index is 12.9. The Morgan fingerprint density at radius 2 is 0.444 bits per heavy atom. The summed E-state index contributed by atoms with van der Waals surface area (Å²) in [5.74, 6) is -0.828. The average molecular weight is 1140 g/mol. The molecule has 0 rings (SSSR count). The lowest BCUT2D eigenvalue weighted by Gasteiger charge is -2.18. The van der Waals surface area contributed by atoms with Crippen molar-refractivity contribution in [2.75, 3.05) is 13.2 Å². The largest absolute Gasteiger partial charge is 0.462 e. The highest BCUT2D eigenvalue weighted by molar-refractivity contribution is 5.71. The molecule has 0 aromatic heterocycles. The highest BCUT2D eigenvalue weighted by Crippen LogP contribution is 2.19. The fourth-order valence-electron chi connectivity index (χ4n) is 11.4. The first-order chi connectivity index (χ1) is 40.0. The van der Waals surface area contributed by atoms with E-state index in [4.69, 9.17) is 14.2 Å². The van der Waals surface area contributed by atoms with Crippen LogP contribution in [-0.2, 0) is 28.6 Å². The van der Waals surface area contributed by atoms with Crippen LogP contribution in [-0.4, -0.2) is 37.2 Å². The van der Waals surface area contributed by atoms with E-state index in [9.17, 15) is 14.4 Å². The quantitative estimate of drug-likeness (QED) is 0.0261. The van der Waals surface area contributed by atoms with Crippen LogP contribution in [0.5, 0.6) is 0 Å². The lowest BCUT2D eigenvalue weighted by atomic mass is 10.0. The van der Waals surface area contributed by atoms with Crippen molar-refractivity contribution in [3.05, 3.63) is 24.3 Å². The van der Waals surface area contributed by atoms with Crippen molar-refractivity contribution in [1.82, 2.24) is 0 Å². The van der Waals surface area contributed by atoms with E-state index >= 15 is 0 Å². The standard InChI is InChI=1S/C75H142O6/c1-4-7-10-13-16-19-22-24-26-28-30-32-33-34-35-36-37-38-39-40-41-43-44-46-48-50-53-56-59-62-65-68-74(77)80-71-72(70-79-73(76)67-64-61-58-55-52-21-18-15-12-9-6-3)81-75(78)69-66-63-60-57-54-51-49-47-45-42-31-29-27-25-23-20-17-14-11-8-5-2/h22,24,28,30,72H,4-21,23,25-27,29,31-71H2,1-3H3/b24-22-,30-28-. The van der Waals surface area contributed by atoms with Crippen molar-refractivity contribution < 1.29 is 28.6 Å². The van der Waals surface area contributed by atoms with Gasteiger partial charge in [0.25, 0.3) is 0 Å². The molecular formula is C75H142O6. The lowest BCUT2D eigenvalue weighted by Crippen LogP contribution is -2.30. The summed E-state index contributed by atoms with van der Waals surface area (Å²) in [7, 11) is 0. The van der Waals surface area contributed by atoms with E-state index in [0.717, 1.165) is 64.2 Å². The van der Waals surface area contributed by atoms with Gasteiger partial charge in [-0.1, -0.05) is 373 Å². The van der Waals surface area contributed by atoms with Gasteiger partial charge in [-0.05, 0) is 51.4 Å². The third-order valence-corrected chi connectivity index (χ3v) is 17.0. The van der Waals surface area contributed by atoms with Crippen molar-refractivity contribution in [3.63, 3.8) is 0 Å². The van der Waals surface area contributed by atoms with E-state index < -0.39 is 6.10 Å². The summed E-state index contributed by atoms with van der Waals surface area (Å²) in [4.78, 5) is 38.4. The summed E-state index contributed by atoms with van der Waals surface area (Å²) in [6.07, 6.45) is 86.6. The maximum atomic E-state index is 12.9. The molecule has 6 heteroatoms. The molecule has 0 radical (unpaired) electrons. The van der Waals surface area contributed by atoms with Crippen LogP contribution >= 0.6 is 0 Å². The Morgan fingerprint density at radius 1 is 0.247 bits per heavy atom. The number of rotatable bonds is 69. The van der Waals surface area contributed by atoms with Crippen LogP contribution in [0.1, 0.15) is 419 Å². The van der Waals surface area contributed by atoms with Crippen LogP contribution in [0.25, 0.3) is 0 Å². The van der Waals surface area contributed by atoms with Gasteiger partial charge in [0, 0.05) is 19.3 Å². The van der Waals surface area contributed by atoms with Crippen molar-refractivity contribution in [2.45, 2.75) is 425 Å². The van der Waals surface area contributed by atoms with Gasteiger partial charge in [-0.2, -0.15) is 0 Å². The summed E-state index contributed by atoms with van der Waals surface area (Å²) in [5.41, 5.74) is 0. The number of esters is 3. The van der Waals surface area contributed by atoms with Gasteiger partial charge in [-0.15, -0.1) is 0 Å². The van der Waals surface area contributed by atoms with Gasteiger partial charge in [0.1, 0.15) is 13.2 Å². The molecule has 1 unspecified atom stereocenters. The second-order valence-corrected chi connectivity index (χ2v) is 25.2. The molecular weight excluding hydrogens is 997 g/mol. The van der Waals surface area contributed by atoms with Crippen LogP contribution in [0.3, 0.4) is 0 Å². The average Bonchev–Trinajstić information content (AvgIpc) is 3.47. The topological polar surface area (TPSA) is 78.9 Å². The summed E-state index contributed by atoms with van der Waals surface area (Å²) in [6, 6.07) is 0. The second kappa shape index (κ2) is 70.4. The summed E-state index contributed by atoms with van der Waals surface area (Å²) < 4.78 is 17.0. The van der Waals surface area contributed by atoms with E-state index in [2.05, 4.69) is 45.1 Å². The molecule has 81 heavy (non-hydrogen) atoms. The van der Waals surface area contributed by atoms with Gasteiger partial charge in [0.2, 0.25) is 0 Å². The Bertz CT molecular complexity index is 1310. The second-order valence-electron chi connectivity index (χ2n) is 25.2. The number of ether oxygens (including phenoxy) is 3. The fourth-order valence-corrected chi connectivity index (χ4v) is 11.4. The molecule has 0 heterocycles. The molecule has 0 aliphatic carbocycles. The summed E-state index contributed by atoms with van der Waals surface area (Å²) in [6.45, 7) is 6.71. The van der Waals surface area contributed by atoms with Gasteiger partial charge in [-0.3, -0.25) is 14.4 Å². The molecule has 0 saturated heterocycles. The minimum absolute atomic E-state index is 0.0631. The first-order valence-corrected chi connectivity index (χ1v) is 36.8. The van der Waals surface area contributed by atoms with Crippen LogP contribution in [0.15, 0.2) is 24.3 Å². The molecule has 0 aromatic rings. The van der Waals surface area contributed by atoms with E-state index in [1.807, 2.05) is 0 Å².